The molecule has 126 valence electrons. The second-order valence-corrected chi connectivity index (χ2v) is 6.86. The number of hydrogen-bond donors (Lipinski definition) is 0. The fourth-order valence-corrected chi connectivity index (χ4v) is 3.61. The minimum atomic E-state index is 0.115. The Kier molecular flexibility index (Phi) is 4.34. The first-order valence-corrected chi connectivity index (χ1v) is 8.92. The third-order valence-electron chi connectivity index (χ3n) is 5.29. The van der Waals surface area contributed by atoms with Crippen LogP contribution in [0, 0.1) is 5.92 Å². The molecule has 2 aliphatic rings. The van der Waals surface area contributed by atoms with Crippen LogP contribution in [0.1, 0.15) is 29.6 Å². The van der Waals surface area contributed by atoms with Gasteiger partial charge in [0.1, 0.15) is 0 Å². The number of amides is 1. The first-order chi connectivity index (χ1) is 11.8. The fraction of sp³-hybridized carbons (Fsp3) is 0.474. The van der Waals surface area contributed by atoms with Crippen molar-refractivity contribution in [2.75, 3.05) is 32.7 Å². The quantitative estimate of drug-likeness (QED) is 0.867. The van der Waals surface area contributed by atoms with Crippen LogP contribution < -0.4 is 0 Å². The van der Waals surface area contributed by atoms with Crippen LogP contribution >= 0.6 is 0 Å². The van der Waals surface area contributed by atoms with Crippen molar-refractivity contribution in [3.05, 3.63) is 48.3 Å². The molecule has 1 aromatic carbocycles. The molecule has 0 radical (unpaired) electrons. The van der Waals surface area contributed by atoms with Gasteiger partial charge in [-0.1, -0.05) is 18.6 Å². The van der Waals surface area contributed by atoms with E-state index in [1.807, 2.05) is 41.4 Å². The van der Waals surface area contributed by atoms with Crippen molar-refractivity contribution in [2.45, 2.75) is 19.3 Å². The third kappa shape index (κ3) is 3.08. The number of aromatic nitrogens is 2. The molecule has 0 unspecified atom stereocenters. The summed E-state index contributed by atoms with van der Waals surface area (Å²) >= 11 is 0. The number of carbonyl (C=O) groups excluding carboxylic acids is 1. The molecule has 0 atom stereocenters. The highest BCUT2D eigenvalue weighted by Crippen LogP contribution is 2.27. The molecule has 1 aromatic heterocycles. The van der Waals surface area contributed by atoms with E-state index in [1.165, 1.54) is 25.8 Å². The Labute approximate surface area is 142 Å². The van der Waals surface area contributed by atoms with Gasteiger partial charge in [0.25, 0.3) is 5.91 Å². The molecule has 1 aliphatic heterocycles. The van der Waals surface area contributed by atoms with E-state index in [0.29, 0.717) is 0 Å². The Morgan fingerprint density at radius 1 is 1.08 bits per heavy atom. The molecular weight excluding hydrogens is 300 g/mol. The molecule has 2 heterocycles. The van der Waals surface area contributed by atoms with Crippen LogP contribution in [0.2, 0.25) is 0 Å². The lowest BCUT2D eigenvalue weighted by Crippen LogP contribution is -2.50. The van der Waals surface area contributed by atoms with Crippen molar-refractivity contribution >= 4 is 5.91 Å². The van der Waals surface area contributed by atoms with Crippen molar-refractivity contribution in [1.29, 1.82) is 0 Å². The molecule has 1 aliphatic carbocycles. The summed E-state index contributed by atoms with van der Waals surface area (Å²) in [5, 5.41) is 4.27. The molecule has 0 bridgehead atoms. The zero-order valence-electron chi connectivity index (χ0n) is 14.0. The number of para-hydroxylation sites is 1. The molecule has 4 rings (SSSR count). The van der Waals surface area contributed by atoms with Crippen molar-refractivity contribution in [1.82, 2.24) is 19.6 Å². The minimum absolute atomic E-state index is 0.115. The zero-order chi connectivity index (χ0) is 16.4. The normalized spacial score (nSPS) is 19.2. The molecule has 1 amide bonds. The van der Waals surface area contributed by atoms with Gasteiger partial charge in [-0.3, -0.25) is 9.69 Å². The maximum absolute atomic E-state index is 13.0. The minimum Gasteiger partial charge on any atom is -0.336 e. The van der Waals surface area contributed by atoms with E-state index in [-0.39, 0.29) is 5.91 Å². The highest BCUT2D eigenvalue weighted by Gasteiger charge is 2.27. The van der Waals surface area contributed by atoms with Gasteiger partial charge in [-0.15, -0.1) is 0 Å². The third-order valence-corrected chi connectivity index (χ3v) is 5.29. The Morgan fingerprint density at radius 3 is 2.54 bits per heavy atom. The molecule has 2 fully saturated rings. The van der Waals surface area contributed by atoms with Crippen LogP contribution in [0.15, 0.2) is 42.7 Å². The van der Waals surface area contributed by atoms with Gasteiger partial charge in [0.2, 0.25) is 0 Å². The van der Waals surface area contributed by atoms with Gasteiger partial charge < -0.3 is 4.90 Å². The average molecular weight is 324 g/mol. The van der Waals surface area contributed by atoms with Gasteiger partial charge >= 0.3 is 0 Å². The standard InChI is InChI=1S/C19H24N4O/c24-19(17-7-1-2-8-18(17)23-10-4-9-20-23)22-13-11-21(12-14-22)15-16-5-3-6-16/h1-2,4,7-10,16H,3,5-6,11-15H2. The van der Waals surface area contributed by atoms with Crippen molar-refractivity contribution in [3.63, 3.8) is 0 Å². The highest BCUT2D eigenvalue weighted by atomic mass is 16.2. The Hall–Kier alpha value is -2.14. The van der Waals surface area contributed by atoms with Gasteiger partial charge in [-0.2, -0.15) is 5.10 Å². The highest BCUT2D eigenvalue weighted by molar-refractivity contribution is 5.97. The molecule has 5 nitrogen and oxygen atoms in total. The predicted molar refractivity (Wildman–Crippen MR) is 93.2 cm³/mol. The lowest BCUT2D eigenvalue weighted by atomic mass is 9.85. The zero-order valence-corrected chi connectivity index (χ0v) is 14.0. The van der Waals surface area contributed by atoms with E-state index in [1.54, 1.807) is 10.9 Å². The number of hydrogen-bond acceptors (Lipinski definition) is 3. The summed E-state index contributed by atoms with van der Waals surface area (Å²) in [6, 6.07) is 9.60. The van der Waals surface area contributed by atoms with Crippen LogP contribution in [0.4, 0.5) is 0 Å². The number of carbonyl (C=O) groups is 1. The maximum atomic E-state index is 13.0. The van der Waals surface area contributed by atoms with Crippen LogP contribution in [0.25, 0.3) is 5.69 Å². The summed E-state index contributed by atoms with van der Waals surface area (Å²) in [6.45, 7) is 4.84. The average Bonchev–Trinajstić information content (AvgIpc) is 3.12. The van der Waals surface area contributed by atoms with E-state index in [0.717, 1.165) is 43.3 Å². The molecular formula is C19H24N4O. The molecule has 1 saturated carbocycles. The van der Waals surface area contributed by atoms with Crippen LogP contribution in [0.5, 0.6) is 0 Å². The number of benzene rings is 1. The lowest BCUT2D eigenvalue weighted by molar-refractivity contribution is 0.0590. The molecule has 0 spiro atoms. The monoisotopic (exact) mass is 324 g/mol. The van der Waals surface area contributed by atoms with Gasteiger partial charge in [0.15, 0.2) is 0 Å². The summed E-state index contributed by atoms with van der Waals surface area (Å²) in [7, 11) is 0. The molecule has 1 saturated heterocycles. The summed E-state index contributed by atoms with van der Waals surface area (Å²) in [5.41, 5.74) is 1.58. The molecule has 24 heavy (non-hydrogen) atoms. The van der Waals surface area contributed by atoms with Gasteiger partial charge in [-0.25, -0.2) is 4.68 Å². The van der Waals surface area contributed by atoms with Crippen LogP contribution in [-0.2, 0) is 0 Å². The second kappa shape index (κ2) is 6.77. The summed E-state index contributed by atoms with van der Waals surface area (Å²) in [4.78, 5) is 17.5. The van der Waals surface area contributed by atoms with Crippen LogP contribution in [0.3, 0.4) is 0 Å². The Balaban J connectivity index is 1.43. The summed E-state index contributed by atoms with van der Waals surface area (Å²) in [6.07, 6.45) is 7.78. The summed E-state index contributed by atoms with van der Waals surface area (Å²) in [5.74, 6) is 1.01. The maximum Gasteiger partial charge on any atom is 0.256 e. The number of piperazine rings is 1. The Bertz CT molecular complexity index is 685. The van der Waals surface area contributed by atoms with E-state index in [2.05, 4.69) is 10.00 Å². The van der Waals surface area contributed by atoms with E-state index >= 15 is 0 Å². The number of rotatable bonds is 4. The van der Waals surface area contributed by atoms with E-state index < -0.39 is 0 Å². The van der Waals surface area contributed by atoms with Gasteiger partial charge in [0, 0.05) is 45.1 Å². The van der Waals surface area contributed by atoms with Gasteiger partial charge in [-0.05, 0) is 37.0 Å². The second-order valence-electron chi connectivity index (χ2n) is 6.86. The number of nitrogens with zero attached hydrogens (tertiary/aromatic N) is 4. The van der Waals surface area contributed by atoms with Crippen molar-refractivity contribution in [2.24, 2.45) is 5.92 Å². The van der Waals surface area contributed by atoms with E-state index in [4.69, 9.17) is 0 Å². The predicted octanol–water partition coefficient (Wildman–Crippen LogP) is 2.43. The molecule has 0 N–H and O–H groups in total. The van der Waals surface area contributed by atoms with Crippen molar-refractivity contribution in [3.8, 4) is 5.69 Å². The Morgan fingerprint density at radius 2 is 1.88 bits per heavy atom. The van der Waals surface area contributed by atoms with Crippen molar-refractivity contribution < 1.29 is 4.79 Å². The molecule has 5 heteroatoms. The van der Waals surface area contributed by atoms with E-state index in [9.17, 15) is 4.79 Å². The van der Waals surface area contributed by atoms with Crippen LogP contribution in [-0.4, -0.2) is 58.2 Å². The fourth-order valence-electron chi connectivity index (χ4n) is 3.61. The largest absolute Gasteiger partial charge is 0.336 e. The topological polar surface area (TPSA) is 41.4 Å². The first-order valence-electron chi connectivity index (χ1n) is 8.92. The summed E-state index contributed by atoms with van der Waals surface area (Å²) < 4.78 is 1.76. The SMILES string of the molecule is O=C(c1ccccc1-n1cccn1)N1CCN(CC2CCC2)CC1. The lowest BCUT2D eigenvalue weighted by Gasteiger charge is -2.38. The first kappa shape index (κ1) is 15.4. The smallest absolute Gasteiger partial charge is 0.256 e. The van der Waals surface area contributed by atoms with Gasteiger partial charge in [0.05, 0.1) is 11.3 Å². The molecule has 2 aromatic rings.